The summed E-state index contributed by atoms with van der Waals surface area (Å²) in [7, 11) is 0. The van der Waals surface area contributed by atoms with Gasteiger partial charge in [-0.3, -0.25) is 4.79 Å². The van der Waals surface area contributed by atoms with Crippen molar-refractivity contribution in [2.45, 2.75) is 19.0 Å². The number of rotatable bonds is 5. The van der Waals surface area contributed by atoms with E-state index in [-0.39, 0.29) is 5.91 Å². The van der Waals surface area contributed by atoms with E-state index in [0.717, 1.165) is 27.5 Å². The van der Waals surface area contributed by atoms with Gasteiger partial charge < -0.3 is 21.0 Å². The van der Waals surface area contributed by atoms with Crippen LogP contribution in [-0.4, -0.2) is 26.9 Å². The van der Waals surface area contributed by atoms with Gasteiger partial charge >= 0.3 is 0 Å². The van der Waals surface area contributed by atoms with Crippen molar-refractivity contribution in [2.24, 2.45) is 5.73 Å². The largest absolute Gasteiger partial charge is 0.361 e. The summed E-state index contributed by atoms with van der Waals surface area (Å²) in [6, 6.07) is 15.1. The maximum atomic E-state index is 12.3. The molecule has 0 unspecified atom stereocenters. The highest BCUT2D eigenvalue weighted by atomic mass is 16.2. The molecule has 2 aromatic carbocycles. The number of carbonyl (C=O) groups is 1. The summed E-state index contributed by atoms with van der Waals surface area (Å²) in [6.45, 7) is 0.328. The molecule has 0 fully saturated rings. The van der Waals surface area contributed by atoms with E-state index in [0.29, 0.717) is 18.8 Å². The number of hydrogen-bond acceptors (Lipinski definition) is 3. The topological polar surface area (TPSA) is 99.6 Å². The summed E-state index contributed by atoms with van der Waals surface area (Å²) < 4.78 is 0. The molecule has 4 aromatic rings. The molecule has 6 nitrogen and oxygen atoms in total. The number of benzene rings is 2. The van der Waals surface area contributed by atoms with Crippen molar-refractivity contribution in [3.8, 4) is 0 Å². The fraction of sp³-hybridized carbons (Fsp3) is 0.158. The Morgan fingerprint density at radius 2 is 1.88 bits per heavy atom. The van der Waals surface area contributed by atoms with Crippen molar-refractivity contribution in [1.29, 1.82) is 0 Å². The van der Waals surface area contributed by atoms with E-state index in [1.54, 1.807) is 0 Å². The summed E-state index contributed by atoms with van der Waals surface area (Å²) in [4.78, 5) is 23.1. The van der Waals surface area contributed by atoms with Gasteiger partial charge in [-0.2, -0.15) is 0 Å². The Morgan fingerprint density at radius 1 is 1.12 bits per heavy atom. The van der Waals surface area contributed by atoms with Gasteiger partial charge in [-0.05, 0) is 30.2 Å². The van der Waals surface area contributed by atoms with Crippen molar-refractivity contribution in [3.63, 3.8) is 0 Å². The van der Waals surface area contributed by atoms with Gasteiger partial charge in [0.15, 0.2) is 0 Å². The van der Waals surface area contributed by atoms with E-state index in [9.17, 15) is 4.79 Å². The first kappa shape index (κ1) is 15.4. The van der Waals surface area contributed by atoms with Crippen molar-refractivity contribution < 1.29 is 4.79 Å². The van der Waals surface area contributed by atoms with Crippen molar-refractivity contribution in [1.82, 2.24) is 20.3 Å². The first-order valence-electron chi connectivity index (χ1n) is 8.22. The highest BCUT2D eigenvalue weighted by Crippen LogP contribution is 2.18. The van der Waals surface area contributed by atoms with Crippen LogP contribution < -0.4 is 11.1 Å². The number of nitrogens with two attached hydrogens (primary N) is 1. The molecule has 2 heterocycles. The number of H-pyrrole nitrogens is 2. The van der Waals surface area contributed by atoms with Gasteiger partial charge in [-0.15, -0.1) is 0 Å². The number of aromatic amines is 2. The zero-order valence-corrected chi connectivity index (χ0v) is 13.6. The molecule has 2 aromatic heterocycles. The fourth-order valence-corrected chi connectivity index (χ4v) is 3.02. The number of fused-ring (bicyclic) bond motifs is 2. The quantitative estimate of drug-likeness (QED) is 0.450. The number of imidazole rings is 1. The Bertz CT molecular complexity index is 999. The molecular weight excluding hydrogens is 314 g/mol. The van der Waals surface area contributed by atoms with E-state index in [1.165, 1.54) is 0 Å². The number of hydrogen-bond donors (Lipinski definition) is 4. The fourth-order valence-electron chi connectivity index (χ4n) is 3.02. The van der Waals surface area contributed by atoms with Gasteiger partial charge in [0.05, 0.1) is 23.6 Å². The average molecular weight is 333 g/mol. The molecule has 0 bridgehead atoms. The molecule has 4 rings (SSSR count). The molecular formula is C19H19N5O. The van der Waals surface area contributed by atoms with Gasteiger partial charge in [0.25, 0.3) is 0 Å². The summed E-state index contributed by atoms with van der Waals surface area (Å²) in [6.07, 6.45) is 2.40. The van der Waals surface area contributed by atoms with Crippen LogP contribution in [0.5, 0.6) is 0 Å². The maximum absolute atomic E-state index is 12.3. The van der Waals surface area contributed by atoms with Gasteiger partial charge in [0.2, 0.25) is 5.91 Å². The zero-order chi connectivity index (χ0) is 17.2. The SMILES string of the molecule is N[C@@H](Cc1c[nH]c2ccccc12)C(=O)NCc1nc2ccccc2[nH]1. The lowest BCUT2D eigenvalue weighted by molar-refractivity contribution is -0.122. The first-order valence-corrected chi connectivity index (χ1v) is 8.22. The molecule has 0 saturated heterocycles. The molecule has 126 valence electrons. The third-order valence-electron chi connectivity index (χ3n) is 4.32. The highest BCUT2D eigenvalue weighted by Gasteiger charge is 2.16. The van der Waals surface area contributed by atoms with Crippen LogP contribution in [0, 0.1) is 0 Å². The minimum Gasteiger partial charge on any atom is -0.361 e. The molecule has 5 N–H and O–H groups in total. The van der Waals surface area contributed by atoms with Gasteiger partial charge in [0.1, 0.15) is 5.82 Å². The Labute approximate surface area is 144 Å². The standard InChI is InChI=1S/C19H19N5O/c20-14(9-12-10-21-15-6-2-1-5-13(12)15)19(25)22-11-18-23-16-7-3-4-8-17(16)24-18/h1-8,10,14,21H,9,11,20H2,(H,22,25)(H,23,24)/t14-/m0/s1. The van der Waals surface area contributed by atoms with Crippen molar-refractivity contribution in [3.05, 3.63) is 66.1 Å². The minimum atomic E-state index is -0.608. The predicted molar refractivity (Wildman–Crippen MR) is 97.9 cm³/mol. The van der Waals surface area contributed by atoms with Crippen LogP contribution in [0.2, 0.25) is 0 Å². The van der Waals surface area contributed by atoms with Crippen LogP contribution >= 0.6 is 0 Å². The van der Waals surface area contributed by atoms with E-state index >= 15 is 0 Å². The highest BCUT2D eigenvalue weighted by molar-refractivity contribution is 5.86. The van der Waals surface area contributed by atoms with Crippen LogP contribution in [0.3, 0.4) is 0 Å². The maximum Gasteiger partial charge on any atom is 0.237 e. The van der Waals surface area contributed by atoms with Gasteiger partial charge in [-0.1, -0.05) is 30.3 Å². The second-order valence-electron chi connectivity index (χ2n) is 6.09. The van der Waals surface area contributed by atoms with E-state index in [1.807, 2.05) is 54.7 Å². The summed E-state index contributed by atoms with van der Waals surface area (Å²) in [5.41, 5.74) is 10.0. The van der Waals surface area contributed by atoms with E-state index in [4.69, 9.17) is 5.73 Å². The van der Waals surface area contributed by atoms with Crippen LogP contribution in [0.25, 0.3) is 21.9 Å². The van der Waals surface area contributed by atoms with Crippen LogP contribution in [0.4, 0.5) is 0 Å². The first-order chi connectivity index (χ1) is 12.2. The molecule has 0 aliphatic rings. The number of carbonyl (C=O) groups excluding carboxylic acids is 1. The molecule has 1 atom stereocenters. The second-order valence-corrected chi connectivity index (χ2v) is 6.09. The summed E-state index contributed by atoms with van der Waals surface area (Å²) in [5.74, 6) is 0.527. The lowest BCUT2D eigenvalue weighted by Crippen LogP contribution is -2.41. The Kier molecular flexibility index (Phi) is 3.95. The lowest BCUT2D eigenvalue weighted by atomic mass is 10.1. The van der Waals surface area contributed by atoms with Crippen LogP contribution in [0.1, 0.15) is 11.4 Å². The number of nitrogens with zero attached hydrogens (tertiary/aromatic N) is 1. The van der Waals surface area contributed by atoms with Gasteiger partial charge in [0, 0.05) is 17.1 Å². The normalized spacial score (nSPS) is 12.5. The number of para-hydroxylation sites is 3. The monoisotopic (exact) mass is 333 g/mol. The molecule has 6 heteroatoms. The summed E-state index contributed by atoms with van der Waals surface area (Å²) >= 11 is 0. The number of amides is 1. The third-order valence-corrected chi connectivity index (χ3v) is 4.32. The Hall–Kier alpha value is -3.12. The van der Waals surface area contributed by atoms with E-state index < -0.39 is 6.04 Å². The predicted octanol–water partition coefficient (Wildman–Crippen LogP) is 2.23. The average Bonchev–Trinajstić information content (AvgIpc) is 3.23. The molecule has 0 radical (unpaired) electrons. The minimum absolute atomic E-state index is 0.189. The Morgan fingerprint density at radius 3 is 2.72 bits per heavy atom. The zero-order valence-electron chi connectivity index (χ0n) is 13.6. The lowest BCUT2D eigenvalue weighted by Gasteiger charge is -2.11. The van der Waals surface area contributed by atoms with Crippen LogP contribution in [-0.2, 0) is 17.8 Å². The molecule has 0 saturated carbocycles. The smallest absolute Gasteiger partial charge is 0.237 e. The Balaban J connectivity index is 1.40. The molecule has 25 heavy (non-hydrogen) atoms. The molecule has 0 aliphatic carbocycles. The van der Waals surface area contributed by atoms with Gasteiger partial charge in [-0.25, -0.2) is 4.98 Å². The van der Waals surface area contributed by atoms with Crippen molar-refractivity contribution >= 4 is 27.8 Å². The van der Waals surface area contributed by atoms with Crippen molar-refractivity contribution in [2.75, 3.05) is 0 Å². The van der Waals surface area contributed by atoms with E-state index in [2.05, 4.69) is 20.3 Å². The number of nitrogens with one attached hydrogen (secondary N) is 3. The summed E-state index contributed by atoms with van der Waals surface area (Å²) in [5, 5.41) is 3.95. The second kappa shape index (κ2) is 6.41. The third kappa shape index (κ3) is 3.12. The molecule has 1 amide bonds. The number of aromatic nitrogens is 3. The molecule has 0 spiro atoms. The molecule has 0 aliphatic heterocycles. The van der Waals surface area contributed by atoms with Crippen LogP contribution in [0.15, 0.2) is 54.7 Å².